The number of hydrogen-bond acceptors (Lipinski definition) is 5. The normalized spacial score (nSPS) is 12.7. The van der Waals surface area contributed by atoms with Crippen LogP contribution in [0.3, 0.4) is 0 Å². The van der Waals surface area contributed by atoms with Crippen LogP contribution in [0.2, 0.25) is 0 Å². The first-order valence-electron chi connectivity index (χ1n) is 5.79. The van der Waals surface area contributed by atoms with Crippen LogP contribution in [0.1, 0.15) is 12.5 Å². The predicted molar refractivity (Wildman–Crippen MR) is 78.5 cm³/mol. The highest BCUT2D eigenvalue weighted by Crippen LogP contribution is 2.25. The highest BCUT2D eigenvalue weighted by atomic mass is 32.1. The van der Waals surface area contributed by atoms with Crippen molar-refractivity contribution in [1.29, 1.82) is 0 Å². The SMILES string of the molecule is CC(Cc1ccsc1)Nc1ncnc2ccsc12. The maximum absolute atomic E-state index is 4.34. The van der Waals surface area contributed by atoms with E-state index in [1.54, 1.807) is 29.0 Å². The molecule has 0 aliphatic rings. The zero-order chi connectivity index (χ0) is 12.4. The molecule has 0 saturated heterocycles. The summed E-state index contributed by atoms with van der Waals surface area (Å²) in [6.45, 7) is 2.18. The molecule has 0 fully saturated rings. The van der Waals surface area contributed by atoms with Gasteiger partial charge in [0, 0.05) is 6.04 Å². The largest absolute Gasteiger partial charge is 0.366 e. The molecule has 1 atom stereocenters. The Morgan fingerprint density at radius 3 is 3.06 bits per heavy atom. The first-order chi connectivity index (χ1) is 8.83. The van der Waals surface area contributed by atoms with E-state index in [9.17, 15) is 0 Å². The van der Waals surface area contributed by atoms with Gasteiger partial charge in [0.15, 0.2) is 0 Å². The molecule has 0 radical (unpaired) electrons. The molecule has 3 rings (SSSR count). The lowest BCUT2D eigenvalue weighted by atomic mass is 10.1. The second-order valence-electron chi connectivity index (χ2n) is 4.24. The van der Waals surface area contributed by atoms with E-state index in [1.165, 1.54) is 5.56 Å². The molecule has 3 heterocycles. The minimum Gasteiger partial charge on any atom is -0.366 e. The van der Waals surface area contributed by atoms with Gasteiger partial charge in [-0.15, -0.1) is 11.3 Å². The van der Waals surface area contributed by atoms with Crippen LogP contribution in [-0.2, 0) is 6.42 Å². The van der Waals surface area contributed by atoms with E-state index in [0.29, 0.717) is 6.04 Å². The van der Waals surface area contributed by atoms with Crippen molar-refractivity contribution < 1.29 is 0 Å². The van der Waals surface area contributed by atoms with Crippen molar-refractivity contribution >= 4 is 38.7 Å². The van der Waals surface area contributed by atoms with Crippen LogP contribution in [0, 0.1) is 0 Å². The van der Waals surface area contributed by atoms with Gasteiger partial charge in [0.05, 0.1) is 10.2 Å². The van der Waals surface area contributed by atoms with Crippen LogP contribution in [0.4, 0.5) is 5.82 Å². The zero-order valence-electron chi connectivity index (χ0n) is 9.96. The lowest BCUT2D eigenvalue weighted by Gasteiger charge is -2.13. The molecule has 3 aromatic heterocycles. The Hall–Kier alpha value is -1.46. The molecular weight excluding hydrogens is 262 g/mol. The van der Waals surface area contributed by atoms with Crippen LogP contribution < -0.4 is 5.32 Å². The van der Waals surface area contributed by atoms with E-state index >= 15 is 0 Å². The minimum atomic E-state index is 0.361. The van der Waals surface area contributed by atoms with Crippen molar-refractivity contribution in [2.24, 2.45) is 0 Å². The molecule has 0 amide bonds. The monoisotopic (exact) mass is 275 g/mol. The van der Waals surface area contributed by atoms with Crippen LogP contribution in [-0.4, -0.2) is 16.0 Å². The molecular formula is C13H13N3S2. The molecule has 0 aliphatic carbocycles. The number of aromatic nitrogens is 2. The van der Waals surface area contributed by atoms with E-state index in [1.807, 2.05) is 11.4 Å². The Morgan fingerprint density at radius 2 is 2.22 bits per heavy atom. The van der Waals surface area contributed by atoms with Crippen molar-refractivity contribution in [2.45, 2.75) is 19.4 Å². The smallest absolute Gasteiger partial charge is 0.147 e. The summed E-state index contributed by atoms with van der Waals surface area (Å²) in [5.41, 5.74) is 2.39. The summed E-state index contributed by atoms with van der Waals surface area (Å²) in [4.78, 5) is 8.59. The molecule has 3 nitrogen and oxygen atoms in total. The number of anilines is 1. The van der Waals surface area contributed by atoms with Gasteiger partial charge in [-0.2, -0.15) is 11.3 Å². The first kappa shape index (κ1) is 11.6. The molecule has 92 valence electrons. The third-order valence-electron chi connectivity index (χ3n) is 2.75. The fourth-order valence-corrected chi connectivity index (χ4v) is 3.42. The summed E-state index contributed by atoms with van der Waals surface area (Å²) in [5, 5.41) is 9.83. The van der Waals surface area contributed by atoms with Crippen molar-refractivity contribution in [2.75, 3.05) is 5.32 Å². The summed E-state index contributed by atoms with van der Waals surface area (Å²) in [7, 11) is 0. The van der Waals surface area contributed by atoms with Crippen molar-refractivity contribution in [3.05, 3.63) is 40.2 Å². The number of rotatable bonds is 4. The van der Waals surface area contributed by atoms with Gasteiger partial charge in [0.2, 0.25) is 0 Å². The van der Waals surface area contributed by atoms with Crippen molar-refractivity contribution in [3.8, 4) is 0 Å². The molecule has 5 heteroatoms. The second kappa shape index (κ2) is 5.04. The Bertz CT molecular complexity index is 631. The third-order valence-corrected chi connectivity index (χ3v) is 4.39. The molecule has 0 saturated carbocycles. The average Bonchev–Trinajstić information content (AvgIpc) is 2.99. The number of nitrogens with zero attached hydrogens (tertiary/aromatic N) is 2. The van der Waals surface area contributed by atoms with Gasteiger partial charge in [0.25, 0.3) is 0 Å². The lowest BCUT2D eigenvalue weighted by Crippen LogP contribution is -2.18. The third kappa shape index (κ3) is 2.37. The number of fused-ring (bicyclic) bond motifs is 1. The Morgan fingerprint density at radius 1 is 1.28 bits per heavy atom. The maximum Gasteiger partial charge on any atom is 0.147 e. The Kier molecular flexibility index (Phi) is 3.25. The summed E-state index contributed by atoms with van der Waals surface area (Å²) in [5.74, 6) is 0.942. The summed E-state index contributed by atoms with van der Waals surface area (Å²) < 4.78 is 1.13. The van der Waals surface area contributed by atoms with Crippen molar-refractivity contribution in [3.63, 3.8) is 0 Å². The molecule has 0 spiro atoms. The van der Waals surface area contributed by atoms with Gasteiger partial charge in [-0.25, -0.2) is 9.97 Å². The predicted octanol–water partition coefficient (Wildman–Crippen LogP) is 3.80. The Labute approximate surface area is 114 Å². The Balaban J connectivity index is 1.77. The van der Waals surface area contributed by atoms with Gasteiger partial charge < -0.3 is 5.32 Å². The van der Waals surface area contributed by atoms with Gasteiger partial charge in [-0.05, 0) is 47.2 Å². The summed E-state index contributed by atoms with van der Waals surface area (Å²) in [6.07, 6.45) is 2.63. The molecule has 0 aromatic carbocycles. The summed E-state index contributed by atoms with van der Waals surface area (Å²) in [6, 6.07) is 4.56. The van der Waals surface area contributed by atoms with Crippen LogP contribution in [0.15, 0.2) is 34.6 Å². The van der Waals surface area contributed by atoms with E-state index < -0.39 is 0 Å². The molecule has 0 bridgehead atoms. The molecule has 0 aliphatic heterocycles. The number of nitrogens with one attached hydrogen (secondary N) is 1. The summed E-state index contributed by atoms with van der Waals surface area (Å²) >= 11 is 3.42. The van der Waals surface area contributed by atoms with E-state index in [-0.39, 0.29) is 0 Å². The molecule has 3 aromatic rings. The standard InChI is InChI=1S/C13H13N3S2/c1-9(6-10-2-4-17-7-10)16-13-12-11(3-5-18-12)14-8-15-13/h2-5,7-9H,6H2,1H3,(H,14,15,16). The topological polar surface area (TPSA) is 37.8 Å². The highest BCUT2D eigenvalue weighted by molar-refractivity contribution is 7.17. The van der Waals surface area contributed by atoms with E-state index in [2.05, 4.69) is 39.0 Å². The fraction of sp³-hybridized carbons (Fsp3) is 0.231. The number of hydrogen-bond donors (Lipinski definition) is 1. The van der Waals surface area contributed by atoms with Crippen molar-refractivity contribution in [1.82, 2.24) is 9.97 Å². The minimum absolute atomic E-state index is 0.361. The maximum atomic E-state index is 4.34. The molecule has 18 heavy (non-hydrogen) atoms. The number of thiophene rings is 2. The lowest BCUT2D eigenvalue weighted by molar-refractivity contribution is 0.788. The van der Waals surface area contributed by atoms with Gasteiger partial charge in [0.1, 0.15) is 12.1 Å². The van der Waals surface area contributed by atoms with Gasteiger partial charge in [-0.3, -0.25) is 0 Å². The highest BCUT2D eigenvalue weighted by Gasteiger charge is 2.09. The molecule has 1 N–H and O–H groups in total. The average molecular weight is 275 g/mol. The fourth-order valence-electron chi connectivity index (χ4n) is 1.94. The quantitative estimate of drug-likeness (QED) is 0.787. The van der Waals surface area contributed by atoms with E-state index in [0.717, 1.165) is 22.5 Å². The van der Waals surface area contributed by atoms with Crippen LogP contribution >= 0.6 is 22.7 Å². The molecule has 1 unspecified atom stereocenters. The first-order valence-corrected chi connectivity index (χ1v) is 7.61. The van der Waals surface area contributed by atoms with E-state index in [4.69, 9.17) is 0 Å². The second-order valence-corrected chi connectivity index (χ2v) is 5.93. The van der Waals surface area contributed by atoms with Crippen LogP contribution in [0.25, 0.3) is 10.2 Å². The van der Waals surface area contributed by atoms with Gasteiger partial charge in [-0.1, -0.05) is 0 Å². The van der Waals surface area contributed by atoms with Crippen LogP contribution in [0.5, 0.6) is 0 Å². The zero-order valence-corrected chi connectivity index (χ0v) is 11.6. The van der Waals surface area contributed by atoms with Gasteiger partial charge >= 0.3 is 0 Å².